The quantitative estimate of drug-likeness (QED) is 0.546. The minimum absolute atomic E-state index is 0.120. The van der Waals surface area contributed by atoms with Crippen molar-refractivity contribution in [1.82, 2.24) is 5.32 Å². The molecule has 3 aromatic rings. The fourth-order valence-electron chi connectivity index (χ4n) is 4.17. The van der Waals surface area contributed by atoms with E-state index >= 15 is 0 Å². The Hall–Kier alpha value is -2.54. The van der Waals surface area contributed by atoms with Crippen LogP contribution in [0.15, 0.2) is 59.4 Å². The van der Waals surface area contributed by atoms with Crippen LogP contribution in [-0.2, 0) is 12.8 Å². The predicted octanol–water partition coefficient (Wildman–Crippen LogP) is 4.12. The highest BCUT2D eigenvalue weighted by molar-refractivity contribution is 5.64. The van der Waals surface area contributed by atoms with Crippen LogP contribution in [0.4, 0.5) is 8.78 Å². The molecule has 0 amide bonds. The van der Waals surface area contributed by atoms with Crippen molar-refractivity contribution in [3.05, 3.63) is 83.3 Å². The summed E-state index contributed by atoms with van der Waals surface area (Å²) < 4.78 is 32.0. The Morgan fingerprint density at radius 1 is 1.10 bits per heavy atom. The summed E-state index contributed by atoms with van der Waals surface area (Å²) in [5.74, 6) is -1.28. The number of benzene rings is 2. The smallest absolute Gasteiger partial charge is 0.126 e. The van der Waals surface area contributed by atoms with Crippen LogP contribution < -0.4 is 11.1 Å². The largest absolute Gasteiger partial charge is 0.472 e. The second-order valence-corrected chi connectivity index (χ2v) is 7.99. The van der Waals surface area contributed by atoms with Gasteiger partial charge in [-0.25, -0.2) is 8.78 Å². The van der Waals surface area contributed by atoms with Gasteiger partial charge in [0.2, 0.25) is 0 Å². The molecule has 158 valence electrons. The van der Waals surface area contributed by atoms with Gasteiger partial charge in [0.15, 0.2) is 0 Å². The molecule has 2 aromatic carbocycles. The Morgan fingerprint density at radius 3 is 2.63 bits per heavy atom. The molecule has 0 unspecified atom stereocenters. The summed E-state index contributed by atoms with van der Waals surface area (Å²) >= 11 is 0. The lowest BCUT2D eigenvalue weighted by atomic mass is 9.85. The van der Waals surface area contributed by atoms with Crippen molar-refractivity contribution in [2.75, 3.05) is 6.54 Å². The van der Waals surface area contributed by atoms with Gasteiger partial charge in [-0.1, -0.05) is 12.1 Å². The Bertz CT molecular complexity index is 971. The van der Waals surface area contributed by atoms with Crippen LogP contribution in [0.3, 0.4) is 0 Å². The molecule has 4 N–H and O–H groups in total. The summed E-state index contributed by atoms with van der Waals surface area (Å²) in [6.45, 7) is 0.305. The Kier molecular flexibility index (Phi) is 6.27. The number of hydrogen-bond donors (Lipinski definition) is 3. The standard InChI is InChI=1S/C24H26F2N2O2/c25-19-8-15(9-20(26)12-19)10-22(27)24(29)13-28-23-3-1-2-16-4-5-17(11-21(16)23)18-6-7-30-14-18/h4-9,11-12,14,22-24,28-29H,1-3,10,13,27H2/t22-,23-,24+/m0/s1. The van der Waals surface area contributed by atoms with Gasteiger partial charge in [-0.2, -0.15) is 0 Å². The number of aliphatic hydroxyl groups is 1. The van der Waals surface area contributed by atoms with Crippen LogP contribution in [0.5, 0.6) is 0 Å². The molecule has 0 spiro atoms. The van der Waals surface area contributed by atoms with E-state index in [1.54, 1.807) is 12.5 Å². The minimum Gasteiger partial charge on any atom is -0.472 e. The molecule has 0 saturated carbocycles. The number of halogens is 2. The fraction of sp³-hybridized carbons (Fsp3) is 0.333. The Labute approximate surface area is 174 Å². The molecule has 1 aliphatic rings. The molecule has 6 heteroatoms. The summed E-state index contributed by atoms with van der Waals surface area (Å²) in [4.78, 5) is 0. The first kappa shape index (κ1) is 20.7. The highest BCUT2D eigenvalue weighted by atomic mass is 19.1. The molecule has 1 aromatic heterocycles. The number of fused-ring (bicyclic) bond motifs is 1. The zero-order valence-corrected chi connectivity index (χ0v) is 16.7. The van der Waals surface area contributed by atoms with Gasteiger partial charge < -0.3 is 20.6 Å². The molecule has 1 heterocycles. The van der Waals surface area contributed by atoms with Gasteiger partial charge >= 0.3 is 0 Å². The van der Waals surface area contributed by atoms with Crippen LogP contribution in [0.2, 0.25) is 0 Å². The lowest BCUT2D eigenvalue weighted by molar-refractivity contribution is 0.136. The summed E-state index contributed by atoms with van der Waals surface area (Å²) in [5.41, 5.74) is 11.2. The molecular formula is C24H26F2N2O2. The van der Waals surface area contributed by atoms with Crippen LogP contribution >= 0.6 is 0 Å². The van der Waals surface area contributed by atoms with Crippen LogP contribution in [0.25, 0.3) is 11.1 Å². The topological polar surface area (TPSA) is 71.4 Å². The van der Waals surface area contributed by atoms with Gasteiger partial charge in [0.05, 0.1) is 18.6 Å². The van der Waals surface area contributed by atoms with Crippen molar-refractivity contribution in [3.8, 4) is 11.1 Å². The lowest BCUT2D eigenvalue weighted by Crippen LogP contribution is -2.44. The molecule has 0 aliphatic heterocycles. The van der Waals surface area contributed by atoms with E-state index in [4.69, 9.17) is 10.2 Å². The van der Waals surface area contributed by atoms with Crippen LogP contribution in [0.1, 0.15) is 35.6 Å². The van der Waals surface area contributed by atoms with E-state index < -0.39 is 23.8 Å². The van der Waals surface area contributed by atoms with Crippen molar-refractivity contribution in [2.24, 2.45) is 5.73 Å². The van der Waals surface area contributed by atoms with E-state index in [-0.39, 0.29) is 12.5 Å². The molecule has 4 nitrogen and oxygen atoms in total. The van der Waals surface area contributed by atoms with Crippen LogP contribution in [-0.4, -0.2) is 23.8 Å². The van der Waals surface area contributed by atoms with Crippen molar-refractivity contribution in [2.45, 2.75) is 43.9 Å². The second-order valence-electron chi connectivity index (χ2n) is 7.99. The molecule has 0 radical (unpaired) electrons. The van der Waals surface area contributed by atoms with Gasteiger partial charge in [0.1, 0.15) is 11.6 Å². The summed E-state index contributed by atoms with van der Waals surface area (Å²) in [6.07, 6.45) is 5.83. The average molecular weight is 412 g/mol. The van der Waals surface area contributed by atoms with Crippen molar-refractivity contribution < 1.29 is 18.3 Å². The Morgan fingerprint density at radius 2 is 1.90 bits per heavy atom. The van der Waals surface area contributed by atoms with E-state index in [9.17, 15) is 13.9 Å². The maximum atomic E-state index is 13.4. The average Bonchev–Trinajstić information content (AvgIpc) is 3.25. The molecular weight excluding hydrogens is 386 g/mol. The number of hydrogen-bond acceptors (Lipinski definition) is 4. The maximum Gasteiger partial charge on any atom is 0.126 e. The Balaban J connectivity index is 1.41. The van der Waals surface area contributed by atoms with Gasteiger partial charge in [0, 0.05) is 30.3 Å². The van der Waals surface area contributed by atoms with Gasteiger partial charge in [-0.05, 0) is 72.2 Å². The van der Waals surface area contributed by atoms with Crippen molar-refractivity contribution in [3.63, 3.8) is 0 Å². The summed E-state index contributed by atoms with van der Waals surface area (Å²) in [7, 11) is 0. The van der Waals surface area contributed by atoms with E-state index in [1.807, 2.05) is 6.07 Å². The second kappa shape index (κ2) is 9.08. The zero-order valence-electron chi connectivity index (χ0n) is 16.7. The number of aryl methyl sites for hydroxylation is 1. The van der Waals surface area contributed by atoms with E-state index in [1.165, 1.54) is 23.3 Å². The molecule has 1 aliphatic carbocycles. The highest BCUT2D eigenvalue weighted by Crippen LogP contribution is 2.33. The molecule has 4 rings (SSSR count). The minimum atomic E-state index is -0.834. The van der Waals surface area contributed by atoms with Crippen molar-refractivity contribution >= 4 is 0 Å². The lowest BCUT2D eigenvalue weighted by Gasteiger charge is -2.29. The molecule has 0 bridgehead atoms. The predicted molar refractivity (Wildman–Crippen MR) is 112 cm³/mol. The first-order valence-corrected chi connectivity index (χ1v) is 10.3. The van der Waals surface area contributed by atoms with E-state index in [0.29, 0.717) is 12.1 Å². The van der Waals surface area contributed by atoms with Gasteiger partial charge in [0.25, 0.3) is 0 Å². The number of furan rings is 1. The number of nitrogens with one attached hydrogen (secondary N) is 1. The van der Waals surface area contributed by atoms with Crippen LogP contribution in [0, 0.1) is 11.6 Å². The number of rotatable bonds is 7. The summed E-state index contributed by atoms with van der Waals surface area (Å²) in [6, 6.07) is 11.2. The third kappa shape index (κ3) is 4.78. The maximum absolute atomic E-state index is 13.4. The zero-order chi connectivity index (χ0) is 21.1. The van der Waals surface area contributed by atoms with E-state index in [2.05, 4.69) is 23.5 Å². The highest BCUT2D eigenvalue weighted by Gasteiger charge is 2.23. The SMILES string of the molecule is N[C@@H](Cc1cc(F)cc(F)c1)[C@H](O)CN[C@H]1CCCc2ccc(-c3ccoc3)cc21. The molecule has 3 atom stereocenters. The van der Waals surface area contributed by atoms with Gasteiger partial charge in [-0.15, -0.1) is 0 Å². The third-order valence-corrected chi connectivity index (χ3v) is 5.78. The summed E-state index contributed by atoms with van der Waals surface area (Å²) in [5, 5.41) is 14.0. The monoisotopic (exact) mass is 412 g/mol. The molecule has 0 saturated heterocycles. The first-order chi connectivity index (χ1) is 14.5. The van der Waals surface area contributed by atoms with E-state index in [0.717, 1.165) is 36.5 Å². The number of nitrogens with two attached hydrogens (primary N) is 1. The fourth-order valence-corrected chi connectivity index (χ4v) is 4.17. The molecule has 0 fully saturated rings. The normalized spacial score (nSPS) is 18.1. The van der Waals surface area contributed by atoms with Gasteiger partial charge in [-0.3, -0.25) is 0 Å². The van der Waals surface area contributed by atoms with Crippen molar-refractivity contribution in [1.29, 1.82) is 0 Å². The first-order valence-electron chi connectivity index (χ1n) is 10.3. The molecule has 30 heavy (non-hydrogen) atoms. The third-order valence-electron chi connectivity index (χ3n) is 5.78. The number of aliphatic hydroxyl groups excluding tert-OH is 1.